The van der Waals surface area contributed by atoms with E-state index in [1.165, 1.54) is 34.8 Å². The fourth-order valence-corrected chi connectivity index (χ4v) is 4.75. The first-order valence-electron chi connectivity index (χ1n) is 9.74. The first kappa shape index (κ1) is 20.4. The van der Waals surface area contributed by atoms with Gasteiger partial charge in [-0.3, -0.25) is 10.1 Å². The lowest BCUT2D eigenvalue weighted by Crippen LogP contribution is -2.31. The summed E-state index contributed by atoms with van der Waals surface area (Å²) in [4.78, 5) is 12.6. The van der Waals surface area contributed by atoms with Gasteiger partial charge in [-0.1, -0.05) is 17.9 Å². The highest BCUT2D eigenvalue weighted by atomic mass is 32.2. The average molecular weight is 434 g/mol. The smallest absolute Gasteiger partial charge is 0.322 e. The van der Waals surface area contributed by atoms with E-state index in [2.05, 4.69) is 15.5 Å². The van der Waals surface area contributed by atoms with Crippen molar-refractivity contribution in [2.75, 3.05) is 31.6 Å². The molecule has 1 fully saturated rings. The molecule has 1 N–H and O–H groups in total. The number of sulfonamides is 1. The number of amides is 1. The number of rotatable bonds is 5. The highest BCUT2D eigenvalue weighted by Gasteiger charge is 2.25. The molecule has 0 radical (unpaired) electrons. The third-order valence-electron chi connectivity index (χ3n) is 4.82. The van der Waals surface area contributed by atoms with Crippen LogP contribution in [0.3, 0.4) is 0 Å². The molecule has 2 aliphatic heterocycles. The van der Waals surface area contributed by atoms with Gasteiger partial charge < -0.3 is 13.9 Å². The second-order valence-electron chi connectivity index (χ2n) is 6.91. The van der Waals surface area contributed by atoms with E-state index < -0.39 is 15.9 Å². The van der Waals surface area contributed by atoms with E-state index in [0.717, 1.165) is 25.7 Å². The monoisotopic (exact) mass is 434 g/mol. The van der Waals surface area contributed by atoms with E-state index in [1.807, 2.05) is 0 Å². The second-order valence-corrected chi connectivity index (χ2v) is 8.85. The van der Waals surface area contributed by atoms with Gasteiger partial charge >= 0.3 is 6.01 Å². The van der Waals surface area contributed by atoms with Crippen LogP contribution in [0, 0.1) is 0 Å². The number of hydrogen-bond acceptors (Lipinski definition) is 8. The third kappa shape index (κ3) is 4.46. The van der Waals surface area contributed by atoms with Crippen molar-refractivity contribution in [2.45, 2.75) is 30.6 Å². The van der Waals surface area contributed by atoms with Crippen LogP contribution in [0.4, 0.5) is 6.01 Å². The van der Waals surface area contributed by atoms with Crippen molar-refractivity contribution in [2.24, 2.45) is 0 Å². The molecule has 1 aromatic heterocycles. The van der Waals surface area contributed by atoms with Crippen molar-refractivity contribution < 1.29 is 27.1 Å². The zero-order valence-electron chi connectivity index (χ0n) is 16.2. The normalized spacial score (nSPS) is 17.9. The summed E-state index contributed by atoms with van der Waals surface area (Å²) in [6.45, 7) is 1.85. The maximum atomic E-state index is 12.8. The van der Waals surface area contributed by atoms with Crippen LogP contribution < -0.4 is 5.32 Å². The van der Waals surface area contributed by atoms with E-state index in [4.69, 9.17) is 13.9 Å². The standard InChI is InChI=1S/C19H22N4O6S/c24-17(20-19-22-21-18(29-19)16-13-27-11-12-28-16)14-5-7-15(8-6-14)30(25,26)23-9-3-1-2-4-10-23/h5-8,13H,1-4,9-12H2,(H,20,22,24). The lowest BCUT2D eigenvalue weighted by molar-refractivity contribution is 0.102. The number of nitrogens with one attached hydrogen (secondary N) is 1. The molecule has 160 valence electrons. The first-order valence-corrected chi connectivity index (χ1v) is 11.2. The minimum atomic E-state index is -3.57. The average Bonchev–Trinajstić information content (AvgIpc) is 3.05. The van der Waals surface area contributed by atoms with Gasteiger partial charge in [-0.2, -0.15) is 4.31 Å². The Balaban J connectivity index is 1.43. The molecule has 30 heavy (non-hydrogen) atoms. The number of carbonyl (C=O) groups excluding carboxylic acids is 1. The lowest BCUT2D eigenvalue weighted by atomic mass is 10.2. The van der Waals surface area contributed by atoms with Gasteiger partial charge in [-0.15, -0.1) is 5.10 Å². The van der Waals surface area contributed by atoms with Crippen molar-refractivity contribution in [1.29, 1.82) is 0 Å². The Hall–Kier alpha value is -2.92. The fourth-order valence-electron chi connectivity index (χ4n) is 3.23. The summed E-state index contributed by atoms with van der Waals surface area (Å²) in [6, 6.07) is 5.68. The highest BCUT2D eigenvalue weighted by molar-refractivity contribution is 7.89. The molecule has 0 unspecified atom stereocenters. The Labute approximate surface area is 173 Å². The molecule has 2 aliphatic rings. The van der Waals surface area contributed by atoms with Gasteiger partial charge in [-0.25, -0.2) is 8.42 Å². The van der Waals surface area contributed by atoms with Crippen LogP contribution >= 0.6 is 0 Å². The molecule has 4 rings (SSSR count). The molecule has 1 amide bonds. The predicted octanol–water partition coefficient (Wildman–Crippen LogP) is 2.23. The molecule has 2 aromatic rings. The minimum absolute atomic E-state index is 0.0869. The highest BCUT2D eigenvalue weighted by Crippen LogP contribution is 2.22. The van der Waals surface area contributed by atoms with Crippen molar-refractivity contribution in [3.8, 4) is 0 Å². The van der Waals surface area contributed by atoms with E-state index in [-0.39, 0.29) is 28.1 Å². The van der Waals surface area contributed by atoms with Gasteiger partial charge in [0.05, 0.1) is 4.90 Å². The number of hydrogen-bond donors (Lipinski definition) is 1. The summed E-state index contributed by atoms with van der Waals surface area (Å²) in [6.07, 6.45) is 5.17. The molecule has 10 nitrogen and oxygen atoms in total. The van der Waals surface area contributed by atoms with Crippen LogP contribution in [-0.4, -0.2) is 55.1 Å². The zero-order valence-corrected chi connectivity index (χ0v) is 17.1. The molecule has 0 saturated carbocycles. The summed E-state index contributed by atoms with van der Waals surface area (Å²) < 4.78 is 43.0. The van der Waals surface area contributed by atoms with Gasteiger partial charge in [0.2, 0.25) is 15.8 Å². The van der Waals surface area contributed by atoms with Crippen molar-refractivity contribution in [3.63, 3.8) is 0 Å². The molecule has 0 atom stereocenters. The molecule has 11 heteroatoms. The zero-order chi connectivity index (χ0) is 21.0. The summed E-state index contributed by atoms with van der Waals surface area (Å²) >= 11 is 0. The van der Waals surface area contributed by atoms with Crippen LogP contribution in [0.15, 0.2) is 39.8 Å². The predicted molar refractivity (Wildman–Crippen MR) is 106 cm³/mol. The molecular formula is C19H22N4O6S. The van der Waals surface area contributed by atoms with Crippen LogP contribution in [-0.2, 0) is 19.5 Å². The fraction of sp³-hybridized carbons (Fsp3) is 0.421. The Morgan fingerprint density at radius 3 is 2.40 bits per heavy atom. The van der Waals surface area contributed by atoms with Gasteiger partial charge in [0.25, 0.3) is 11.8 Å². The molecule has 3 heterocycles. The maximum Gasteiger partial charge on any atom is 0.322 e. The third-order valence-corrected chi connectivity index (χ3v) is 6.74. The van der Waals surface area contributed by atoms with Crippen molar-refractivity contribution in [3.05, 3.63) is 42.0 Å². The first-order chi connectivity index (χ1) is 14.5. The Bertz CT molecular complexity index is 1020. The summed E-state index contributed by atoms with van der Waals surface area (Å²) in [5.41, 5.74) is 0.265. The van der Waals surface area contributed by atoms with Gasteiger partial charge in [-0.05, 0) is 37.1 Å². The van der Waals surface area contributed by atoms with Crippen LogP contribution in [0.5, 0.6) is 0 Å². The summed E-state index contributed by atoms with van der Waals surface area (Å²) in [5.74, 6) is -0.125. The molecule has 1 saturated heterocycles. The Morgan fingerprint density at radius 1 is 1.00 bits per heavy atom. The van der Waals surface area contributed by atoms with E-state index in [1.54, 1.807) is 0 Å². The Morgan fingerprint density at radius 2 is 1.73 bits per heavy atom. The van der Waals surface area contributed by atoms with Crippen LogP contribution in [0.2, 0.25) is 0 Å². The molecule has 0 bridgehead atoms. The number of anilines is 1. The Kier molecular flexibility index (Phi) is 6.00. The van der Waals surface area contributed by atoms with Crippen molar-refractivity contribution >= 4 is 27.7 Å². The van der Waals surface area contributed by atoms with E-state index in [9.17, 15) is 13.2 Å². The number of carbonyl (C=O) groups is 1. The maximum absolute atomic E-state index is 12.8. The number of aromatic nitrogens is 2. The SMILES string of the molecule is O=C(Nc1nnc(C2=COCCO2)o1)c1ccc(S(=O)(=O)N2CCCCCC2)cc1. The molecule has 0 aliphatic carbocycles. The molecule has 0 spiro atoms. The van der Waals surface area contributed by atoms with Crippen molar-refractivity contribution in [1.82, 2.24) is 14.5 Å². The number of nitrogens with zero attached hydrogens (tertiary/aromatic N) is 3. The minimum Gasteiger partial charge on any atom is -0.494 e. The van der Waals surface area contributed by atoms with Crippen LogP contribution in [0.1, 0.15) is 41.9 Å². The van der Waals surface area contributed by atoms with Gasteiger partial charge in [0.1, 0.15) is 19.5 Å². The lowest BCUT2D eigenvalue weighted by Gasteiger charge is -2.19. The largest absolute Gasteiger partial charge is 0.494 e. The second kappa shape index (κ2) is 8.84. The van der Waals surface area contributed by atoms with Gasteiger partial charge in [0, 0.05) is 18.7 Å². The van der Waals surface area contributed by atoms with E-state index >= 15 is 0 Å². The summed E-state index contributed by atoms with van der Waals surface area (Å²) in [5, 5.41) is 10.0. The molecule has 1 aromatic carbocycles. The van der Waals surface area contributed by atoms with Gasteiger partial charge in [0.15, 0.2) is 0 Å². The van der Waals surface area contributed by atoms with E-state index in [0.29, 0.717) is 26.3 Å². The number of benzene rings is 1. The summed E-state index contributed by atoms with van der Waals surface area (Å²) in [7, 11) is -3.57. The topological polar surface area (TPSA) is 124 Å². The number of ether oxygens (including phenoxy) is 2. The van der Waals surface area contributed by atoms with Crippen LogP contribution in [0.25, 0.3) is 5.76 Å². The molecular weight excluding hydrogens is 412 g/mol. The quantitative estimate of drug-likeness (QED) is 0.760.